The first-order valence-corrected chi connectivity index (χ1v) is 3.76. The molecule has 1 unspecified atom stereocenters. The number of hydrogen-bond donors (Lipinski definition) is 1. The van der Waals surface area contributed by atoms with Crippen LogP contribution in [0.2, 0.25) is 0 Å². The molecule has 0 nitrogen and oxygen atoms in total. The molecule has 26 valence electrons. The van der Waals surface area contributed by atoms with E-state index in [2.05, 4.69) is 18.8 Å². The standard InChI is InChI=1S/C2H4BPS/c1-2-4(3)5/h2,5H,1H2. The average Bonchev–Trinajstić information content (AvgIpc) is 1.38. The van der Waals surface area contributed by atoms with Crippen LogP contribution in [0.3, 0.4) is 0 Å². The van der Waals surface area contributed by atoms with Gasteiger partial charge in [-0.1, -0.05) is 0 Å². The van der Waals surface area contributed by atoms with Crippen molar-refractivity contribution >= 4 is 25.7 Å². The molecule has 0 N–H and O–H groups in total. The van der Waals surface area contributed by atoms with Crippen LogP contribution < -0.4 is 0 Å². The van der Waals surface area contributed by atoms with Crippen molar-refractivity contribution in [3.63, 3.8) is 0 Å². The van der Waals surface area contributed by atoms with Crippen LogP contribution in [0.5, 0.6) is 0 Å². The Morgan fingerprint density at radius 3 is 2.20 bits per heavy atom. The Hall–Kier alpha value is 0.455. The second kappa shape index (κ2) is 2.68. The summed E-state index contributed by atoms with van der Waals surface area (Å²) in [6, 6.07) is 0. The minimum atomic E-state index is -0.640. The van der Waals surface area contributed by atoms with Crippen LogP contribution in [0.25, 0.3) is 0 Å². The van der Waals surface area contributed by atoms with Crippen molar-refractivity contribution in [1.29, 1.82) is 0 Å². The molecular weight excluding hydrogens is 97.9 g/mol. The van der Waals surface area contributed by atoms with Gasteiger partial charge in [0, 0.05) is 0 Å². The molecule has 0 saturated carbocycles. The van der Waals surface area contributed by atoms with Crippen molar-refractivity contribution in [2.45, 2.75) is 0 Å². The van der Waals surface area contributed by atoms with E-state index in [1.165, 1.54) is 0 Å². The normalized spacial score (nSPS) is 10.6. The molecule has 3 heteroatoms. The first-order chi connectivity index (χ1) is 2.27. The Morgan fingerprint density at radius 1 is 2.00 bits per heavy atom. The van der Waals surface area contributed by atoms with Gasteiger partial charge in [-0.3, -0.25) is 0 Å². The van der Waals surface area contributed by atoms with Crippen molar-refractivity contribution in [2.24, 2.45) is 0 Å². The molecule has 0 radical (unpaired) electrons. The molecule has 0 aliphatic rings. The number of rotatable bonds is 0. The van der Waals surface area contributed by atoms with Gasteiger partial charge in [0.05, 0.1) is 0 Å². The molecule has 0 aromatic heterocycles. The van der Waals surface area contributed by atoms with E-state index in [0.717, 1.165) is 0 Å². The van der Waals surface area contributed by atoms with Crippen LogP contribution in [0.1, 0.15) is 0 Å². The van der Waals surface area contributed by atoms with Gasteiger partial charge in [0.2, 0.25) is 0 Å². The van der Waals surface area contributed by atoms with E-state index in [4.69, 9.17) is 7.01 Å². The molecule has 0 bridgehead atoms. The summed E-state index contributed by atoms with van der Waals surface area (Å²) in [5.41, 5.74) is 0. The van der Waals surface area contributed by atoms with Crippen LogP contribution in [0, 0.1) is 0 Å². The van der Waals surface area contributed by atoms with Crippen LogP contribution in [-0.4, -0.2) is 7.01 Å². The zero-order valence-electron chi connectivity index (χ0n) is 2.76. The van der Waals surface area contributed by atoms with E-state index in [0.29, 0.717) is 0 Å². The van der Waals surface area contributed by atoms with Crippen molar-refractivity contribution < 1.29 is 0 Å². The summed E-state index contributed by atoms with van der Waals surface area (Å²) in [6.07, 6.45) is -0.640. The third kappa shape index (κ3) is 4.45. The monoisotopic (exact) mass is 102 g/mol. The topological polar surface area (TPSA) is 0 Å². The van der Waals surface area contributed by atoms with Gasteiger partial charge in [-0.25, -0.2) is 0 Å². The molecule has 5 heavy (non-hydrogen) atoms. The van der Waals surface area contributed by atoms with Gasteiger partial charge < -0.3 is 0 Å². The molecule has 0 aromatic carbocycles. The quantitative estimate of drug-likeness (QED) is 0.267. The summed E-state index contributed by atoms with van der Waals surface area (Å²) >= 11 is 3.82. The summed E-state index contributed by atoms with van der Waals surface area (Å²) in [7, 11) is 5.10. The molecule has 0 aliphatic heterocycles. The Morgan fingerprint density at radius 2 is 2.20 bits per heavy atom. The van der Waals surface area contributed by atoms with Gasteiger partial charge in [0.15, 0.2) is 0 Å². The molecule has 0 amide bonds. The predicted molar refractivity (Wildman–Crippen MR) is 31.9 cm³/mol. The van der Waals surface area contributed by atoms with Crippen LogP contribution in [0.4, 0.5) is 0 Å². The molecule has 1 atom stereocenters. The van der Waals surface area contributed by atoms with Gasteiger partial charge >= 0.3 is 38.1 Å². The molecule has 0 aromatic rings. The maximum atomic E-state index is 5.10. The van der Waals surface area contributed by atoms with Crippen molar-refractivity contribution in [1.82, 2.24) is 0 Å². The molecule has 0 aliphatic carbocycles. The predicted octanol–water partition coefficient (Wildman–Crippen LogP) is 1.54. The van der Waals surface area contributed by atoms with Gasteiger partial charge in [0.1, 0.15) is 0 Å². The zero-order valence-corrected chi connectivity index (χ0v) is 4.55. The summed E-state index contributed by atoms with van der Waals surface area (Å²) in [5, 5.41) is 0. The molecular formula is C2H4BPS. The van der Waals surface area contributed by atoms with Crippen LogP contribution >= 0.6 is 18.7 Å². The molecule has 0 saturated heterocycles. The third-order valence-corrected chi connectivity index (χ3v) is 1.05. The zero-order chi connectivity index (χ0) is 4.28. The Bertz CT molecular complexity index is 89.6. The average molecular weight is 102 g/mol. The van der Waals surface area contributed by atoms with Gasteiger partial charge in [0.25, 0.3) is 0 Å². The van der Waals surface area contributed by atoms with E-state index >= 15 is 0 Å². The first kappa shape index (κ1) is 5.45. The SMILES string of the molecule is B#P(S)C=C. The number of thiol groups is 1. The van der Waals surface area contributed by atoms with Gasteiger partial charge in [-0.2, -0.15) is 0 Å². The summed E-state index contributed by atoms with van der Waals surface area (Å²) in [6.45, 7) is 3.39. The van der Waals surface area contributed by atoms with Gasteiger partial charge in [-0.05, 0) is 0 Å². The fraction of sp³-hybridized carbons (Fsp3) is 0. The first-order valence-electron chi connectivity index (χ1n) is 1.12. The Balaban J connectivity index is 3.36. The number of hydrogen-bond acceptors (Lipinski definition) is 1. The van der Waals surface area contributed by atoms with Crippen molar-refractivity contribution in [3.8, 4) is 0 Å². The Kier molecular flexibility index (Phi) is 2.92. The fourth-order valence-corrected chi connectivity index (χ4v) is 0. The van der Waals surface area contributed by atoms with E-state index in [1.807, 2.05) is 0 Å². The molecule has 0 spiro atoms. The fourth-order valence-electron chi connectivity index (χ4n) is 0. The van der Waals surface area contributed by atoms with Crippen LogP contribution in [-0.2, 0) is 0 Å². The van der Waals surface area contributed by atoms with E-state index in [1.54, 1.807) is 5.82 Å². The molecule has 0 heterocycles. The van der Waals surface area contributed by atoms with Gasteiger partial charge in [-0.15, -0.1) is 0 Å². The summed E-state index contributed by atoms with van der Waals surface area (Å²) in [5.74, 6) is 1.62. The maximum absolute atomic E-state index is 5.10. The molecule has 0 rings (SSSR count). The third-order valence-electron chi connectivity index (χ3n) is 0.187. The molecule has 0 fully saturated rings. The van der Waals surface area contributed by atoms with Crippen LogP contribution in [0.15, 0.2) is 12.4 Å². The summed E-state index contributed by atoms with van der Waals surface area (Å²) < 4.78 is 0. The minimum absolute atomic E-state index is 0.640. The van der Waals surface area contributed by atoms with E-state index < -0.39 is 6.44 Å². The second-order valence-corrected chi connectivity index (χ2v) is 3.07. The van der Waals surface area contributed by atoms with Crippen molar-refractivity contribution in [3.05, 3.63) is 12.4 Å². The Labute approximate surface area is 38.8 Å². The van der Waals surface area contributed by atoms with E-state index in [9.17, 15) is 0 Å². The second-order valence-electron chi connectivity index (χ2n) is 0.563. The van der Waals surface area contributed by atoms with E-state index in [-0.39, 0.29) is 0 Å². The summed E-state index contributed by atoms with van der Waals surface area (Å²) in [4.78, 5) is 0. The van der Waals surface area contributed by atoms with Crippen molar-refractivity contribution in [2.75, 3.05) is 0 Å².